The van der Waals surface area contributed by atoms with Crippen LogP contribution >= 0.6 is 11.3 Å². The van der Waals surface area contributed by atoms with Crippen molar-refractivity contribution in [2.75, 3.05) is 6.54 Å². The lowest BCUT2D eigenvalue weighted by Crippen LogP contribution is -2.40. The SMILES string of the molecule is CCCC(C)NC(=O)CNC1CCCc2sccc21. The summed E-state index contributed by atoms with van der Waals surface area (Å²) in [6, 6.07) is 2.85. The van der Waals surface area contributed by atoms with Crippen molar-refractivity contribution in [1.82, 2.24) is 10.6 Å². The van der Waals surface area contributed by atoms with Crippen LogP contribution in [0.4, 0.5) is 0 Å². The van der Waals surface area contributed by atoms with Crippen LogP contribution in [0.25, 0.3) is 0 Å². The Hall–Kier alpha value is -0.870. The zero-order valence-electron chi connectivity index (χ0n) is 11.9. The van der Waals surface area contributed by atoms with Gasteiger partial charge in [-0.3, -0.25) is 4.79 Å². The van der Waals surface area contributed by atoms with Gasteiger partial charge in [0.2, 0.25) is 5.91 Å². The lowest BCUT2D eigenvalue weighted by atomic mass is 9.94. The normalized spacial score (nSPS) is 19.8. The van der Waals surface area contributed by atoms with Crippen molar-refractivity contribution in [1.29, 1.82) is 0 Å². The van der Waals surface area contributed by atoms with Gasteiger partial charge in [-0.05, 0) is 49.6 Å². The van der Waals surface area contributed by atoms with Crippen molar-refractivity contribution in [3.63, 3.8) is 0 Å². The van der Waals surface area contributed by atoms with Gasteiger partial charge in [0.1, 0.15) is 0 Å². The molecule has 0 saturated carbocycles. The first-order valence-electron chi connectivity index (χ1n) is 7.29. The van der Waals surface area contributed by atoms with Crippen molar-refractivity contribution >= 4 is 17.2 Å². The third-order valence-electron chi connectivity index (χ3n) is 3.69. The Bertz CT molecular complexity index is 416. The Morgan fingerprint density at radius 1 is 1.58 bits per heavy atom. The quantitative estimate of drug-likeness (QED) is 0.841. The maximum absolute atomic E-state index is 11.9. The number of carbonyl (C=O) groups excluding carboxylic acids is 1. The standard InChI is InChI=1S/C15H24N2OS/c1-3-5-11(2)17-15(18)10-16-13-6-4-7-14-12(13)8-9-19-14/h8-9,11,13,16H,3-7,10H2,1-2H3,(H,17,18). The summed E-state index contributed by atoms with van der Waals surface area (Å²) >= 11 is 1.84. The van der Waals surface area contributed by atoms with Gasteiger partial charge < -0.3 is 10.6 Å². The van der Waals surface area contributed by atoms with Gasteiger partial charge in [-0.1, -0.05) is 13.3 Å². The maximum Gasteiger partial charge on any atom is 0.234 e. The molecule has 0 fully saturated rings. The second-order valence-electron chi connectivity index (χ2n) is 5.38. The first kappa shape index (κ1) is 14.5. The van der Waals surface area contributed by atoms with E-state index in [1.54, 1.807) is 0 Å². The summed E-state index contributed by atoms with van der Waals surface area (Å²) < 4.78 is 0. The summed E-state index contributed by atoms with van der Waals surface area (Å²) in [7, 11) is 0. The Balaban J connectivity index is 1.79. The average Bonchev–Trinajstić information content (AvgIpc) is 2.85. The molecule has 4 heteroatoms. The van der Waals surface area contributed by atoms with E-state index in [0.29, 0.717) is 12.6 Å². The molecular weight excluding hydrogens is 256 g/mol. The molecule has 0 aliphatic heterocycles. The van der Waals surface area contributed by atoms with Crippen LogP contribution in [0.2, 0.25) is 0 Å². The molecular formula is C15H24N2OS. The predicted molar refractivity (Wildman–Crippen MR) is 80.5 cm³/mol. The second kappa shape index (κ2) is 7.06. The average molecular weight is 280 g/mol. The molecule has 1 heterocycles. The van der Waals surface area contributed by atoms with Gasteiger partial charge in [0.15, 0.2) is 0 Å². The molecule has 0 saturated heterocycles. The van der Waals surface area contributed by atoms with Gasteiger partial charge in [0.25, 0.3) is 0 Å². The van der Waals surface area contributed by atoms with Crippen LogP contribution in [0.3, 0.4) is 0 Å². The van der Waals surface area contributed by atoms with Gasteiger partial charge in [0, 0.05) is 17.0 Å². The summed E-state index contributed by atoms with van der Waals surface area (Å²) in [5.41, 5.74) is 1.41. The molecule has 1 aliphatic carbocycles. The monoisotopic (exact) mass is 280 g/mol. The zero-order chi connectivity index (χ0) is 13.7. The molecule has 0 spiro atoms. The second-order valence-corrected chi connectivity index (χ2v) is 6.38. The highest BCUT2D eigenvalue weighted by atomic mass is 32.1. The highest BCUT2D eigenvalue weighted by molar-refractivity contribution is 7.10. The van der Waals surface area contributed by atoms with Gasteiger partial charge in [-0.15, -0.1) is 11.3 Å². The molecule has 3 nitrogen and oxygen atoms in total. The van der Waals surface area contributed by atoms with Gasteiger partial charge in [-0.2, -0.15) is 0 Å². The minimum absolute atomic E-state index is 0.114. The van der Waals surface area contributed by atoms with Crippen LogP contribution in [-0.4, -0.2) is 18.5 Å². The molecule has 0 radical (unpaired) electrons. The van der Waals surface area contributed by atoms with E-state index in [-0.39, 0.29) is 11.9 Å². The van der Waals surface area contributed by atoms with Crippen molar-refractivity contribution < 1.29 is 4.79 Å². The topological polar surface area (TPSA) is 41.1 Å². The van der Waals surface area contributed by atoms with E-state index in [4.69, 9.17) is 0 Å². The van der Waals surface area contributed by atoms with Crippen molar-refractivity contribution in [2.24, 2.45) is 0 Å². The first-order chi connectivity index (χ1) is 9.20. The Morgan fingerprint density at radius 2 is 2.42 bits per heavy atom. The molecule has 2 rings (SSSR count). The fourth-order valence-electron chi connectivity index (χ4n) is 2.75. The molecule has 1 aliphatic rings. The molecule has 1 amide bonds. The molecule has 2 atom stereocenters. The summed E-state index contributed by atoms with van der Waals surface area (Å²) in [6.45, 7) is 4.63. The Kier molecular flexibility index (Phi) is 5.40. The van der Waals surface area contributed by atoms with Crippen LogP contribution in [-0.2, 0) is 11.2 Å². The highest BCUT2D eigenvalue weighted by Crippen LogP contribution is 2.32. The fourth-order valence-corrected chi connectivity index (χ4v) is 3.73. The lowest BCUT2D eigenvalue weighted by molar-refractivity contribution is -0.121. The molecule has 1 aromatic heterocycles. The smallest absolute Gasteiger partial charge is 0.234 e. The molecule has 2 unspecified atom stereocenters. The summed E-state index contributed by atoms with van der Waals surface area (Å²) in [5, 5.41) is 8.61. The molecule has 106 valence electrons. The summed E-state index contributed by atoms with van der Waals surface area (Å²) in [4.78, 5) is 13.3. The predicted octanol–water partition coefficient (Wildman–Crippen LogP) is 3.02. The van der Waals surface area contributed by atoms with E-state index in [1.165, 1.54) is 23.3 Å². The van der Waals surface area contributed by atoms with Crippen molar-refractivity contribution in [2.45, 2.75) is 58.0 Å². The van der Waals surface area contributed by atoms with Gasteiger partial charge in [0.05, 0.1) is 6.54 Å². The number of thiophene rings is 1. The number of carbonyl (C=O) groups is 1. The van der Waals surface area contributed by atoms with E-state index in [0.717, 1.165) is 19.3 Å². The number of rotatable bonds is 6. The van der Waals surface area contributed by atoms with E-state index < -0.39 is 0 Å². The fraction of sp³-hybridized carbons (Fsp3) is 0.667. The highest BCUT2D eigenvalue weighted by Gasteiger charge is 2.21. The zero-order valence-corrected chi connectivity index (χ0v) is 12.7. The Morgan fingerprint density at radius 3 is 3.21 bits per heavy atom. The third-order valence-corrected chi connectivity index (χ3v) is 4.69. The summed E-state index contributed by atoms with van der Waals surface area (Å²) in [6.07, 6.45) is 5.71. The van der Waals surface area contributed by atoms with Crippen molar-refractivity contribution in [3.05, 3.63) is 21.9 Å². The van der Waals surface area contributed by atoms with E-state index in [9.17, 15) is 4.79 Å². The number of hydrogen-bond donors (Lipinski definition) is 2. The van der Waals surface area contributed by atoms with Crippen molar-refractivity contribution in [3.8, 4) is 0 Å². The number of aryl methyl sites for hydroxylation is 1. The number of fused-ring (bicyclic) bond motifs is 1. The van der Waals surface area contributed by atoms with Crippen LogP contribution in [0.15, 0.2) is 11.4 Å². The first-order valence-corrected chi connectivity index (χ1v) is 8.17. The minimum atomic E-state index is 0.114. The molecule has 0 bridgehead atoms. The van der Waals surface area contributed by atoms with E-state index in [2.05, 4.69) is 35.9 Å². The Labute approximate surface area is 119 Å². The van der Waals surface area contributed by atoms with E-state index in [1.807, 2.05) is 11.3 Å². The van der Waals surface area contributed by atoms with Crippen LogP contribution in [0.1, 0.15) is 56.0 Å². The summed E-state index contributed by atoms with van der Waals surface area (Å²) in [5.74, 6) is 0.114. The van der Waals surface area contributed by atoms with Crippen LogP contribution in [0.5, 0.6) is 0 Å². The van der Waals surface area contributed by atoms with Gasteiger partial charge >= 0.3 is 0 Å². The van der Waals surface area contributed by atoms with E-state index >= 15 is 0 Å². The van der Waals surface area contributed by atoms with Crippen LogP contribution < -0.4 is 10.6 Å². The van der Waals surface area contributed by atoms with Gasteiger partial charge in [-0.25, -0.2) is 0 Å². The molecule has 2 N–H and O–H groups in total. The number of amides is 1. The maximum atomic E-state index is 11.9. The number of hydrogen-bond acceptors (Lipinski definition) is 3. The lowest BCUT2D eigenvalue weighted by Gasteiger charge is -2.24. The molecule has 19 heavy (non-hydrogen) atoms. The van der Waals surface area contributed by atoms with Crippen LogP contribution in [0, 0.1) is 0 Å². The third kappa shape index (κ3) is 4.05. The largest absolute Gasteiger partial charge is 0.353 e. The molecule has 0 aromatic carbocycles. The molecule has 1 aromatic rings. The number of nitrogens with one attached hydrogen (secondary N) is 2. The minimum Gasteiger partial charge on any atom is -0.353 e.